The van der Waals surface area contributed by atoms with Crippen LogP contribution in [0.2, 0.25) is 0 Å². The smallest absolute Gasteiger partial charge is 0.150 e. The highest BCUT2D eigenvalue weighted by atomic mass is 15.3. The molecule has 1 saturated heterocycles. The molecule has 90 valence electrons. The number of nitrogens with one attached hydrogen (secondary N) is 1. The van der Waals surface area contributed by atoms with Crippen LogP contribution < -0.4 is 10.6 Å². The molecular formula is C12H22N4. The summed E-state index contributed by atoms with van der Waals surface area (Å²) >= 11 is 0. The predicted molar refractivity (Wildman–Crippen MR) is 66.5 cm³/mol. The van der Waals surface area contributed by atoms with Gasteiger partial charge in [0.2, 0.25) is 0 Å². The second kappa shape index (κ2) is 4.87. The first-order valence-corrected chi connectivity index (χ1v) is 6.25. The number of rotatable bonds is 3. The zero-order valence-electron chi connectivity index (χ0n) is 10.2. The van der Waals surface area contributed by atoms with E-state index in [9.17, 15) is 0 Å². The number of H-pyrrole nitrogens is 1. The van der Waals surface area contributed by atoms with E-state index >= 15 is 0 Å². The fourth-order valence-corrected chi connectivity index (χ4v) is 2.80. The second-order valence-corrected chi connectivity index (χ2v) is 4.72. The Bertz CT molecular complexity index is 334. The summed E-state index contributed by atoms with van der Waals surface area (Å²) in [5.41, 5.74) is 6.98. The molecule has 0 unspecified atom stereocenters. The van der Waals surface area contributed by atoms with Gasteiger partial charge in [-0.2, -0.15) is 5.10 Å². The summed E-state index contributed by atoms with van der Waals surface area (Å²) in [6.45, 7) is 6.19. The molecule has 1 aromatic rings. The Balaban J connectivity index is 2.18. The first kappa shape index (κ1) is 11.5. The van der Waals surface area contributed by atoms with E-state index in [1.165, 1.54) is 12.8 Å². The summed E-state index contributed by atoms with van der Waals surface area (Å²) in [5.74, 6) is 1.71. The fourth-order valence-electron chi connectivity index (χ4n) is 2.80. The molecule has 0 spiro atoms. The van der Waals surface area contributed by atoms with Gasteiger partial charge in [0, 0.05) is 24.3 Å². The van der Waals surface area contributed by atoms with Crippen LogP contribution in [-0.4, -0.2) is 29.3 Å². The van der Waals surface area contributed by atoms with Gasteiger partial charge in [-0.25, -0.2) is 0 Å². The fraction of sp³-hybridized carbons (Fsp3) is 0.750. The quantitative estimate of drug-likeness (QED) is 0.818. The van der Waals surface area contributed by atoms with E-state index in [4.69, 9.17) is 5.73 Å². The maximum Gasteiger partial charge on any atom is 0.150 e. The van der Waals surface area contributed by atoms with Gasteiger partial charge in [-0.1, -0.05) is 6.92 Å². The standard InChI is InChI=1S/C12H22N4/c1-3-11-10(8-13)5-4-6-16(11)12-7-9(2)14-15-12/h7,10-11H,3-6,8,13H2,1-2H3,(H,14,15)/t10-,11-/m1/s1. The Morgan fingerprint density at radius 2 is 2.44 bits per heavy atom. The summed E-state index contributed by atoms with van der Waals surface area (Å²) < 4.78 is 0. The molecule has 0 aromatic carbocycles. The minimum atomic E-state index is 0.557. The number of piperidine rings is 1. The molecule has 4 heteroatoms. The first-order chi connectivity index (χ1) is 7.76. The Morgan fingerprint density at radius 1 is 1.62 bits per heavy atom. The van der Waals surface area contributed by atoms with E-state index in [0.29, 0.717) is 12.0 Å². The van der Waals surface area contributed by atoms with Crippen LogP contribution in [0.1, 0.15) is 31.9 Å². The van der Waals surface area contributed by atoms with Crippen molar-refractivity contribution in [3.05, 3.63) is 11.8 Å². The molecular weight excluding hydrogens is 200 g/mol. The lowest BCUT2D eigenvalue weighted by Crippen LogP contribution is -2.47. The maximum atomic E-state index is 5.86. The SMILES string of the molecule is CC[C@@H]1[C@@H](CN)CCCN1c1cc(C)[nH]n1. The van der Waals surface area contributed by atoms with Crippen molar-refractivity contribution in [2.45, 2.75) is 39.2 Å². The third-order valence-electron chi connectivity index (χ3n) is 3.63. The summed E-state index contributed by atoms with van der Waals surface area (Å²) in [6, 6.07) is 2.68. The summed E-state index contributed by atoms with van der Waals surface area (Å²) in [5, 5.41) is 7.39. The van der Waals surface area contributed by atoms with Gasteiger partial charge < -0.3 is 10.6 Å². The van der Waals surface area contributed by atoms with E-state index in [1.54, 1.807) is 0 Å². The third kappa shape index (κ3) is 2.07. The highest BCUT2D eigenvalue weighted by Crippen LogP contribution is 2.29. The predicted octanol–water partition coefficient (Wildman–Crippen LogP) is 1.67. The van der Waals surface area contributed by atoms with Gasteiger partial charge in [0.25, 0.3) is 0 Å². The molecule has 0 radical (unpaired) electrons. The molecule has 2 heterocycles. The van der Waals surface area contributed by atoms with Crippen molar-refractivity contribution < 1.29 is 0 Å². The lowest BCUT2D eigenvalue weighted by atomic mass is 9.87. The average Bonchev–Trinajstić information content (AvgIpc) is 2.74. The number of aromatic nitrogens is 2. The number of aromatic amines is 1. The monoisotopic (exact) mass is 222 g/mol. The number of anilines is 1. The summed E-state index contributed by atoms with van der Waals surface area (Å²) in [6.07, 6.45) is 3.63. The van der Waals surface area contributed by atoms with Crippen molar-refractivity contribution in [2.24, 2.45) is 11.7 Å². The molecule has 0 aliphatic carbocycles. The zero-order chi connectivity index (χ0) is 11.5. The molecule has 3 N–H and O–H groups in total. The van der Waals surface area contributed by atoms with Crippen molar-refractivity contribution in [1.82, 2.24) is 10.2 Å². The van der Waals surface area contributed by atoms with Crippen molar-refractivity contribution in [1.29, 1.82) is 0 Å². The van der Waals surface area contributed by atoms with E-state index < -0.39 is 0 Å². The van der Waals surface area contributed by atoms with Gasteiger partial charge in [-0.3, -0.25) is 5.10 Å². The number of hydrogen-bond acceptors (Lipinski definition) is 3. The van der Waals surface area contributed by atoms with E-state index in [0.717, 1.165) is 31.0 Å². The molecule has 4 nitrogen and oxygen atoms in total. The van der Waals surface area contributed by atoms with Crippen LogP contribution in [0.3, 0.4) is 0 Å². The molecule has 1 aromatic heterocycles. The van der Waals surface area contributed by atoms with Gasteiger partial charge in [0.15, 0.2) is 5.82 Å². The van der Waals surface area contributed by atoms with Crippen LogP contribution in [0.25, 0.3) is 0 Å². The molecule has 0 amide bonds. The maximum absolute atomic E-state index is 5.86. The van der Waals surface area contributed by atoms with Crippen LogP contribution in [-0.2, 0) is 0 Å². The molecule has 2 rings (SSSR count). The van der Waals surface area contributed by atoms with Crippen molar-refractivity contribution in [3.8, 4) is 0 Å². The highest BCUT2D eigenvalue weighted by molar-refractivity contribution is 5.41. The minimum Gasteiger partial charge on any atom is -0.352 e. The van der Waals surface area contributed by atoms with Gasteiger partial charge >= 0.3 is 0 Å². The molecule has 1 fully saturated rings. The van der Waals surface area contributed by atoms with Gasteiger partial charge in [-0.05, 0) is 38.6 Å². The lowest BCUT2D eigenvalue weighted by Gasteiger charge is -2.40. The Kier molecular flexibility index (Phi) is 3.49. The van der Waals surface area contributed by atoms with Crippen LogP contribution in [0.15, 0.2) is 6.07 Å². The Hall–Kier alpha value is -1.03. The zero-order valence-corrected chi connectivity index (χ0v) is 10.2. The van der Waals surface area contributed by atoms with Crippen LogP contribution in [0.5, 0.6) is 0 Å². The molecule has 0 bridgehead atoms. The Morgan fingerprint density at radius 3 is 3.00 bits per heavy atom. The highest BCUT2D eigenvalue weighted by Gasteiger charge is 2.30. The van der Waals surface area contributed by atoms with Crippen molar-refractivity contribution in [3.63, 3.8) is 0 Å². The molecule has 1 aliphatic heterocycles. The van der Waals surface area contributed by atoms with Crippen molar-refractivity contribution >= 4 is 5.82 Å². The number of nitrogens with zero attached hydrogens (tertiary/aromatic N) is 2. The van der Waals surface area contributed by atoms with Gasteiger partial charge in [0.05, 0.1) is 0 Å². The number of hydrogen-bond donors (Lipinski definition) is 2. The lowest BCUT2D eigenvalue weighted by molar-refractivity contribution is 0.319. The van der Waals surface area contributed by atoms with E-state index in [1.807, 2.05) is 6.92 Å². The second-order valence-electron chi connectivity index (χ2n) is 4.72. The number of nitrogens with two attached hydrogens (primary N) is 1. The number of aryl methyl sites for hydroxylation is 1. The van der Waals surface area contributed by atoms with E-state index in [2.05, 4.69) is 28.1 Å². The van der Waals surface area contributed by atoms with Crippen LogP contribution >= 0.6 is 0 Å². The summed E-state index contributed by atoms with van der Waals surface area (Å²) in [4.78, 5) is 2.42. The molecule has 16 heavy (non-hydrogen) atoms. The molecule has 0 saturated carbocycles. The first-order valence-electron chi connectivity index (χ1n) is 6.25. The Labute approximate surface area is 97.2 Å². The van der Waals surface area contributed by atoms with E-state index in [-0.39, 0.29) is 0 Å². The van der Waals surface area contributed by atoms with Gasteiger partial charge in [0.1, 0.15) is 0 Å². The van der Waals surface area contributed by atoms with Gasteiger partial charge in [-0.15, -0.1) is 0 Å². The molecule has 2 atom stereocenters. The average molecular weight is 222 g/mol. The van der Waals surface area contributed by atoms with Crippen LogP contribution in [0, 0.1) is 12.8 Å². The third-order valence-corrected chi connectivity index (χ3v) is 3.63. The van der Waals surface area contributed by atoms with Crippen LogP contribution in [0.4, 0.5) is 5.82 Å². The topological polar surface area (TPSA) is 57.9 Å². The normalized spacial score (nSPS) is 26.1. The minimum absolute atomic E-state index is 0.557. The summed E-state index contributed by atoms with van der Waals surface area (Å²) in [7, 11) is 0. The van der Waals surface area contributed by atoms with Crippen molar-refractivity contribution in [2.75, 3.05) is 18.0 Å². The largest absolute Gasteiger partial charge is 0.352 e. The molecule has 1 aliphatic rings.